The van der Waals surface area contributed by atoms with Crippen molar-refractivity contribution >= 4 is 0 Å². The van der Waals surface area contributed by atoms with Crippen molar-refractivity contribution in [3.8, 4) is 0 Å². The molecular weight excluding hydrogens is 212 g/mol. The van der Waals surface area contributed by atoms with Gasteiger partial charge in [0.1, 0.15) is 0 Å². The maximum Gasteiger partial charge on any atom is 0.0831 e. The molecule has 1 N–H and O–H groups in total. The molecule has 0 bridgehead atoms. The van der Waals surface area contributed by atoms with E-state index in [1.165, 1.54) is 11.1 Å². The molecule has 0 saturated carbocycles. The number of aliphatic hydroxyl groups excluding tert-OH is 1. The predicted octanol–water partition coefficient (Wildman–Crippen LogP) is 2.31. The van der Waals surface area contributed by atoms with E-state index in [0.717, 1.165) is 11.1 Å². The Morgan fingerprint density at radius 3 is 2.65 bits per heavy atom. The number of benzene rings is 1. The van der Waals surface area contributed by atoms with Crippen LogP contribution >= 0.6 is 0 Å². The highest BCUT2D eigenvalue weighted by Gasteiger charge is 2.10. The summed E-state index contributed by atoms with van der Waals surface area (Å²) in [7, 11) is 1.88. The number of hydrogen-bond donors (Lipinski definition) is 1. The van der Waals surface area contributed by atoms with E-state index in [1.54, 1.807) is 10.9 Å². The molecule has 3 heteroatoms. The predicted molar refractivity (Wildman–Crippen MR) is 67.8 cm³/mol. The SMILES string of the molecule is Cc1ccc(C(O)Cc2cnn(C)c2)cc1C. The summed E-state index contributed by atoms with van der Waals surface area (Å²) < 4.78 is 1.75. The van der Waals surface area contributed by atoms with Gasteiger partial charge in [-0.25, -0.2) is 0 Å². The van der Waals surface area contributed by atoms with Crippen molar-refractivity contribution in [3.63, 3.8) is 0 Å². The van der Waals surface area contributed by atoms with E-state index in [9.17, 15) is 5.11 Å². The number of hydrogen-bond acceptors (Lipinski definition) is 2. The molecule has 2 aromatic rings. The highest BCUT2D eigenvalue weighted by Crippen LogP contribution is 2.20. The molecule has 1 unspecified atom stereocenters. The van der Waals surface area contributed by atoms with E-state index >= 15 is 0 Å². The Labute approximate surface area is 102 Å². The molecule has 1 aromatic heterocycles. The number of nitrogens with zero attached hydrogens (tertiary/aromatic N) is 2. The van der Waals surface area contributed by atoms with Gasteiger partial charge in [0.2, 0.25) is 0 Å². The Bertz CT molecular complexity index is 517. The highest BCUT2D eigenvalue weighted by molar-refractivity contribution is 5.31. The van der Waals surface area contributed by atoms with Crippen molar-refractivity contribution in [2.75, 3.05) is 0 Å². The van der Waals surface area contributed by atoms with Gasteiger partial charge >= 0.3 is 0 Å². The number of aryl methyl sites for hydroxylation is 3. The first kappa shape index (κ1) is 11.9. The fraction of sp³-hybridized carbons (Fsp3) is 0.357. The summed E-state index contributed by atoms with van der Waals surface area (Å²) in [6, 6.07) is 6.09. The molecule has 3 nitrogen and oxygen atoms in total. The van der Waals surface area contributed by atoms with Gasteiger partial charge in [-0.3, -0.25) is 4.68 Å². The smallest absolute Gasteiger partial charge is 0.0831 e. The zero-order chi connectivity index (χ0) is 12.4. The van der Waals surface area contributed by atoms with Crippen LogP contribution in [0.2, 0.25) is 0 Å². The average molecular weight is 230 g/mol. The van der Waals surface area contributed by atoms with E-state index in [-0.39, 0.29) is 0 Å². The highest BCUT2D eigenvalue weighted by atomic mass is 16.3. The van der Waals surface area contributed by atoms with Gasteiger partial charge in [0.25, 0.3) is 0 Å². The summed E-state index contributed by atoms with van der Waals surface area (Å²) in [6.07, 6.45) is 3.88. The van der Waals surface area contributed by atoms with Gasteiger partial charge in [-0.1, -0.05) is 18.2 Å². The van der Waals surface area contributed by atoms with Crippen LogP contribution < -0.4 is 0 Å². The van der Waals surface area contributed by atoms with Gasteiger partial charge in [-0.05, 0) is 36.1 Å². The molecule has 0 saturated heterocycles. The van der Waals surface area contributed by atoms with Crippen LogP contribution in [-0.4, -0.2) is 14.9 Å². The fourth-order valence-electron chi connectivity index (χ4n) is 1.89. The molecule has 1 aromatic carbocycles. The lowest BCUT2D eigenvalue weighted by molar-refractivity contribution is 0.178. The Morgan fingerprint density at radius 1 is 1.29 bits per heavy atom. The number of aromatic nitrogens is 2. The molecule has 17 heavy (non-hydrogen) atoms. The third-order valence-electron chi connectivity index (χ3n) is 3.10. The van der Waals surface area contributed by atoms with Gasteiger partial charge in [0.05, 0.1) is 12.3 Å². The van der Waals surface area contributed by atoms with Crippen LogP contribution in [0.15, 0.2) is 30.6 Å². The second kappa shape index (κ2) is 4.72. The van der Waals surface area contributed by atoms with Gasteiger partial charge in [-0.15, -0.1) is 0 Å². The first-order valence-electron chi connectivity index (χ1n) is 5.79. The minimum Gasteiger partial charge on any atom is -0.388 e. The maximum absolute atomic E-state index is 10.2. The van der Waals surface area contributed by atoms with Gasteiger partial charge in [-0.2, -0.15) is 5.10 Å². The van der Waals surface area contributed by atoms with Crippen LogP contribution in [0.3, 0.4) is 0 Å². The minimum absolute atomic E-state index is 0.460. The third kappa shape index (κ3) is 2.74. The van der Waals surface area contributed by atoms with Gasteiger partial charge < -0.3 is 5.11 Å². The average Bonchev–Trinajstić information content (AvgIpc) is 2.68. The summed E-state index contributed by atoms with van der Waals surface area (Å²) in [4.78, 5) is 0. The second-order valence-electron chi connectivity index (χ2n) is 4.59. The monoisotopic (exact) mass is 230 g/mol. The van der Waals surface area contributed by atoms with Crippen LogP contribution in [0.25, 0.3) is 0 Å². The lowest BCUT2D eigenvalue weighted by Gasteiger charge is -2.11. The quantitative estimate of drug-likeness (QED) is 0.878. The van der Waals surface area contributed by atoms with Gasteiger partial charge in [0.15, 0.2) is 0 Å². The lowest BCUT2D eigenvalue weighted by atomic mass is 9.99. The Kier molecular flexibility index (Phi) is 3.29. The lowest BCUT2D eigenvalue weighted by Crippen LogP contribution is -2.02. The molecule has 90 valence electrons. The number of aliphatic hydroxyl groups is 1. The van der Waals surface area contributed by atoms with Crippen molar-refractivity contribution in [3.05, 3.63) is 52.8 Å². The molecule has 0 aliphatic rings. The summed E-state index contributed by atoms with van der Waals surface area (Å²) >= 11 is 0. The Morgan fingerprint density at radius 2 is 2.06 bits per heavy atom. The van der Waals surface area contributed by atoms with E-state index in [0.29, 0.717) is 6.42 Å². The van der Waals surface area contributed by atoms with E-state index in [2.05, 4.69) is 31.1 Å². The Hall–Kier alpha value is -1.61. The summed E-state index contributed by atoms with van der Waals surface area (Å²) in [6.45, 7) is 4.14. The molecule has 0 aliphatic carbocycles. The molecule has 1 atom stereocenters. The van der Waals surface area contributed by atoms with Crippen molar-refractivity contribution in [1.29, 1.82) is 0 Å². The van der Waals surface area contributed by atoms with Crippen LogP contribution in [0, 0.1) is 13.8 Å². The second-order valence-corrected chi connectivity index (χ2v) is 4.59. The van der Waals surface area contributed by atoms with Crippen molar-refractivity contribution in [2.45, 2.75) is 26.4 Å². The normalized spacial score (nSPS) is 12.7. The summed E-state index contributed by atoms with van der Waals surface area (Å²) in [5.41, 5.74) is 4.49. The molecule has 0 spiro atoms. The van der Waals surface area contributed by atoms with E-state index < -0.39 is 6.10 Å². The molecule has 0 fully saturated rings. The van der Waals surface area contributed by atoms with Gasteiger partial charge in [0, 0.05) is 19.7 Å². The largest absolute Gasteiger partial charge is 0.388 e. The van der Waals surface area contributed by atoms with E-state index in [1.807, 2.05) is 19.3 Å². The van der Waals surface area contributed by atoms with Crippen molar-refractivity contribution in [2.24, 2.45) is 7.05 Å². The van der Waals surface area contributed by atoms with E-state index in [4.69, 9.17) is 0 Å². The standard InChI is InChI=1S/C14H18N2O/c1-10-4-5-13(6-11(10)2)14(17)7-12-8-15-16(3)9-12/h4-6,8-9,14,17H,7H2,1-3H3. The fourth-order valence-corrected chi connectivity index (χ4v) is 1.89. The first-order valence-corrected chi connectivity index (χ1v) is 5.79. The molecule has 0 amide bonds. The van der Waals surface area contributed by atoms with Crippen LogP contribution in [0.4, 0.5) is 0 Å². The maximum atomic E-state index is 10.2. The number of rotatable bonds is 3. The molecule has 0 aliphatic heterocycles. The zero-order valence-electron chi connectivity index (χ0n) is 10.5. The molecule has 1 heterocycles. The molecule has 2 rings (SSSR count). The van der Waals surface area contributed by atoms with Crippen LogP contribution in [-0.2, 0) is 13.5 Å². The molecule has 0 radical (unpaired) electrons. The summed E-state index contributed by atoms with van der Waals surface area (Å²) in [5.74, 6) is 0. The Balaban J connectivity index is 2.14. The molecular formula is C14H18N2O. The zero-order valence-corrected chi connectivity index (χ0v) is 10.5. The van der Waals surface area contributed by atoms with Crippen LogP contribution in [0.1, 0.15) is 28.4 Å². The minimum atomic E-state index is -0.460. The topological polar surface area (TPSA) is 38.1 Å². The van der Waals surface area contributed by atoms with Crippen LogP contribution in [0.5, 0.6) is 0 Å². The van der Waals surface area contributed by atoms with Crippen molar-refractivity contribution < 1.29 is 5.11 Å². The first-order chi connectivity index (χ1) is 8.06. The van der Waals surface area contributed by atoms with Crippen molar-refractivity contribution in [1.82, 2.24) is 9.78 Å². The summed E-state index contributed by atoms with van der Waals surface area (Å²) in [5, 5.41) is 14.3. The third-order valence-corrected chi connectivity index (χ3v) is 3.10.